The third-order valence-electron chi connectivity index (χ3n) is 2.90. The zero-order valence-corrected chi connectivity index (χ0v) is 12.5. The SMILES string of the molecule is CCc1cc(Oc2nc(C(=O)OC)ccc2N)ccc1Cl. The summed E-state index contributed by atoms with van der Waals surface area (Å²) >= 11 is 6.06. The van der Waals surface area contributed by atoms with Gasteiger partial charge in [0, 0.05) is 5.02 Å². The first-order valence-corrected chi connectivity index (χ1v) is 6.74. The highest BCUT2D eigenvalue weighted by molar-refractivity contribution is 6.31. The normalized spacial score (nSPS) is 10.2. The van der Waals surface area contributed by atoms with Crippen LogP contribution in [0.3, 0.4) is 0 Å². The molecule has 0 bridgehead atoms. The number of carbonyl (C=O) groups is 1. The van der Waals surface area contributed by atoms with Crippen LogP contribution in [0.1, 0.15) is 23.0 Å². The Morgan fingerprint density at radius 1 is 1.33 bits per heavy atom. The summed E-state index contributed by atoms with van der Waals surface area (Å²) < 4.78 is 10.3. The fraction of sp³-hybridized carbons (Fsp3) is 0.200. The van der Waals surface area contributed by atoms with Crippen LogP contribution in [0, 0.1) is 0 Å². The Morgan fingerprint density at radius 2 is 2.10 bits per heavy atom. The molecule has 0 saturated heterocycles. The average Bonchev–Trinajstić information content (AvgIpc) is 2.50. The second-order valence-corrected chi connectivity index (χ2v) is 4.70. The summed E-state index contributed by atoms with van der Waals surface area (Å²) in [7, 11) is 1.29. The number of aryl methyl sites for hydroxylation is 1. The fourth-order valence-corrected chi connectivity index (χ4v) is 2.00. The molecule has 0 unspecified atom stereocenters. The highest BCUT2D eigenvalue weighted by Crippen LogP contribution is 2.29. The number of nitrogens with two attached hydrogens (primary N) is 1. The van der Waals surface area contributed by atoms with Crippen molar-refractivity contribution in [3.63, 3.8) is 0 Å². The van der Waals surface area contributed by atoms with Gasteiger partial charge in [0.1, 0.15) is 5.75 Å². The largest absolute Gasteiger partial charge is 0.464 e. The van der Waals surface area contributed by atoms with Crippen molar-refractivity contribution in [1.82, 2.24) is 4.98 Å². The third kappa shape index (κ3) is 3.44. The van der Waals surface area contributed by atoms with Gasteiger partial charge in [-0.1, -0.05) is 18.5 Å². The summed E-state index contributed by atoms with van der Waals surface area (Å²) in [6.45, 7) is 2.00. The Labute approximate surface area is 127 Å². The molecule has 0 amide bonds. The summed E-state index contributed by atoms with van der Waals surface area (Å²) in [6.07, 6.45) is 0.779. The summed E-state index contributed by atoms with van der Waals surface area (Å²) in [5.74, 6) is 0.157. The number of anilines is 1. The molecule has 1 aromatic carbocycles. The molecule has 0 aliphatic carbocycles. The molecule has 0 aliphatic rings. The van der Waals surface area contributed by atoms with Crippen LogP contribution < -0.4 is 10.5 Å². The van der Waals surface area contributed by atoms with Crippen LogP contribution >= 0.6 is 11.6 Å². The van der Waals surface area contributed by atoms with Crippen molar-refractivity contribution >= 4 is 23.3 Å². The lowest BCUT2D eigenvalue weighted by atomic mass is 10.1. The molecule has 5 nitrogen and oxygen atoms in total. The van der Waals surface area contributed by atoms with E-state index in [1.165, 1.54) is 13.2 Å². The van der Waals surface area contributed by atoms with Gasteiger partial charge in [-0.05, 0) is 42.3 Å². The van der Waals surface area contributed by atoms with Gasteiger partial charge in [0.25, 0.3) is 0 Å². The number of hydrogen-bond donors (Lipinski definition) is 1. The summed E-state index contributed by atoms with van der Waals surface area (Å²) in [5.41, 5.74) is 7.23. The minimum atomic E-state index is -0.551. The monoisotopic (exact) mass is 306 g/mol. The molecule has 21 heavy (non-hydrogen) atoms. The number of nitrogens with zero attached hydrogens (tertiary/aromatic N) is 1. The van der Waals surface area contributed by atoms with Gasteiger partial charge in [0.2, 0.25) is 5.88 Å². The van der Waals surface area contributed by atoms with E-state index >= 15 is 0 Å². The Kier molecular flexibility index (Phi) is 4.65. The lowest BCUT2D eigenvalue weighted by Crippen LogP contribution is -2.06. The molecule has 0 aliphatic heterocycles. The van der Waals surface area contributed by atoms with Gasteiger partial charge in [-0.2, -0.15) is 0 Å². The van der Waals surface area contributed by atoms with Crippen molar-refractivity contribution < 1.29 is 14.3 Å². The van der Waals surface area contributed by atoms with E-state index in [1.807, 2.05) is 13.0 Å². The number of rotatable bonds is 4. The number of pyridine rings is 1. The highest BCUT2D eigenvalue weighted by atomic mass is 35.5. The van der Waals surface area contributed by atoms with Gasteiger partial charge in [-0.3, -0.25) is 0 Å². The molecule has 0 saturated carbocycles. The second kappa shape index (κ2) is 6.45. The first-order valence-electron chi connectivity index (χ1n) is 6.36. The van der Waals surface area contributed by atoms with Crippen LogP contribution in [0.5, 0.6) is 11.6 Å². The quantitative estimate of drug-likeness (QED) is 0.876. The van der Waals surface area contributed by atoms with Crippen LogP contribution in [0.4, 0.5) is 5.69 Å². The van der Waals surface area contributed by atoms with Crippen LogP contribution in [0.2, 0.25) is 5.02 Å². The van der Waals surface area contributed by atoms with Crippen LogP contribution in [0.25, 0.3) is 0 Å². The van der Waals surface area contributed by atoms with Crippen molar-refractivity contribution in [1.29, 1.82) is 0 Å². The number of halogens is 1. The minimum Gasteiger partial charge on any atom is -0.464 e. The van der Waals surface area contributed by atoms with E-state index in [4.69, 9.17) is 22.1 Å². The standard InChI is InChI=1S/C15H15ClN2O3/c1-3-9-8-10(4-5-11(9)16)21-14-12(17)6-7-13(18-14)15(19)20-2/h4-8H,3,17H2,1-2H3. The minimum absolute atomic E-state index is 0.131. The molecular weight excluding hydrogens is 292 g/mol. The molecule has 0 atom stereocenters. The molecule has 6 heteroatoms. The molecule has 2 N–H and O–H groups in total. The molecule has 0 fully saturated rings. The van der Waals surface area contributed by atoms with Gasteiger partial charge in [-0.25, -0.2) is 9.78 Å². The van der Waals surface area contributed by atoms with Gasteiger partial charge >= 0.3 is 5.97 Å². The number of carbonyl (C=O) groups excluding carboxylic acids is 1. The molecule has 2 rings (SSSR count). The second-order valence-electron chi connectivity index (χ2n) is 4.29. The molecular formula is C15H15ClN2O3. The van der Waals surface area contributed by atoms with E-state index < -0.39 is 5.97 Å². The van der Waals surface area contributed by atoms with Crippen LogP contribution in [0.15, 0.2) is 30.3 Å². The summed E-state index contributed by atoms with van der Waals surface area (Å²) in [5, 5.41) is 0.675. The molecule has 1 heterocycles. The molecule has 0 spiro atoms. The van der Waals surface area contributed by atoms with Crippen molar-refractivity contribution in [3.8, 4) is 11.6 Å². The van der Waals surface area contributed by atoms with E-state index in [-0.39, 0.29) is 11.6 Å². The van der Waals surface area contributed by atoms with Crippen LogP contribution in [-0.2, 0) is 11.2 Å². The van der Waals surface area contributed by atoms with Gasteiger partial charge < -0.3 is 15.2 Å². The predicted molar refractivity (Wildman–Crippen MR) is 80.9 cm³/mol. The highest BCUT2D eigenvalue weighted by Gasteiger charge is 2.12. The maximum absolute atomic E-state index is 11.5. The first-order chi connectivity index (χ1) is 10.0. The first kappa shape index (κ1) is 15.1. The van der Waals surface area contributed by atoms with Crippen molar-refractivity contribution in [2.24, 2.45) is 0 Å². The molecule has 110 valence electrons. The number of hydrogen-bond acceptors (Lipinski definition) is 5. The Hall–Kier alpha value is -2.27. The predicted octanol–water partition coefficient (Wildman–Crippen LogP) is 3.46. The maximum Gasteiger partial charge on any atom is 0.356 e. The molecule has 0 radical (unpaired) electrons. The Bertz CT molecular complexity index is 674. The van der Waals surface area contributed by atoms with E-state index in [1.54, 1.807) is 18.2 Å². The van der Waals surface area contributed by atoms with Crippen molar-refractivity contribution in [2.45, 2.75) is 13.3 Å². The van der Waals surface area contributed by atoms with Crippen molar-refractivity contribution in [3.05, 3.63) is 46.6 Å². The van der Waals surface area contributed by atoms with Gasteiger partial charge in [0.15, 0.2) is 5.69 Å². The summed E-state index contributed by atoms with van der Waals surface area (Å²) in [4.78, 5) is 15.5. The fourth-order valence-electron chi connectivity index (χ4n) is 1.75. The number of aromatic nitrogens is 1. The van der Waals surface area contributed by atoms with Crippen molar-refractivity contribution in [2.75, 3.05) is 12.8 Å². The number of esters is 1. The third-order valence-corrected chi connectivity index (χ3v) is 3.27. The zero-order valence-electron chi connectivity index (χ0n) is 11.7. The lowest BCUT2D eigenvalue weighted by molar-refractivity contribution is 0.0593. The number of methoxy groups -OCH3 is 1. The Balaban J connectivity index is 2.32. The van der Waals surface area contributed by atoms with E-state index in [9.17, 15) is 4.79 Å². The van der Waals surface area contributed by atoms with Crippen LogP contribution in [-0.4, -0.2) is 18.1 Å². The lowest BCUT2D eigenvalue weighted by Gasteiger charge is -2.10. The van der Waals surface area contributed by atoms with E-state index in [2.05, 4.69) is 9.72 Å². The van der Waals surface area contributed by atoms with Gasteiger partial charge in [-0.15, -0.1) is 0 Å². The zero-order chi connectivity index (χ0) is 15.4. The topological polar surface area (TPSA) is 74.4 Å². The van der Waals surface area contributed by atoms with E-state index in [0.29, 0.717) is 16.5 Å². The van der Waals surface area contributed by atoms with E-state index in [0.717, 1.165) is 12.0 Å². The number of benzene rings is 1. The van der Waals surface area contributed by atoms with Gasteiger partial charge in [0.05, 0.1) is 12.8 Å². The molecule has 1 aromatic heterocycles. The smallest absolute Gasteiger partial charge is 0.356 e. The molecule has 2 aromatic rings. The maximum atomic E-state index is 11.5. The Morgan fingerprint density at radius 3 is 2.76 bits per heavy atom. The number of nitrogen functional groups attached to an aromatic ring is 1. The number of ether oxygens (including phenoxy) is 2. The average molecular weight is 307 g/mol. The summed E-state index contributed by atoms with van der Waals surface area (Å²) in [6, 6.07) is 8.30.